The molecule has 0 aliphatic rings. The second kappa shape index (κ2) is 4.80. The summed E-state index contributed by atoms with van der Waals surface area (Å²) in [6, 6.07) is 0.755. The van der Waals surface area contributed by atoms with Crippen LogP contribution in [0.5, 0.6) is 0 Å². The third kappa shape index (κ3) is 4.46. The molecule has 0 bridgehead atoms. The Morgan fingerprint density at radius 3 is 2.22 bits per heavy atom. The van der Waals surface area contributed by atoms with Gasteiger partial charge in [0.25, 0.3) is 0 Å². The van der Waals surface area contributed by atoms with Gasteiger partial charge in [0.2, 0.25) is 0 Å². The van der Waals surface area contributed by atoms with E-state index >= 15 is 0 Å². The Bertz CT molecular complexity index is 59.6. The second-order valence-electron chi connectivity index (χ2n) is 2.95. The maximum absolute atomic E-state index is 2.27. The van der Waals surface area contributed by atoms with Gasteiger partial charge in [-0.05, 0) is 27.4 Å². The molecule has 0 rings (SSSR count). The topological polar surface area (TPSA) is 3.24 Å². The molecule has 0 radical (unpaired) electrons. The van der Waals surface area contributed by atoms with E-state index in [0.29, 0.717) is 0 Å². The number of hydrogen-bond acceptors (Lipinski definition) is 1. The number of unbranched alkanes of at least 4 members (excludes halogenated alkanes) is 1. The molecule has 0 saturated heterocycles. The van der Waals surface area contributed by atoms with Gasteiger partial charge in [-0.25, -0.2) is 0 Å². The lowest BCUT2D eigenvalue weighted by molar-refractivity contribution is 0.293. The quantitative estimate of drug-likeness (QED) is 0.562. The Morgan fingerprint density at radius 1 is 1.33 bits per heavy atom. The summed E-state index contributed by atoms with van der Waals surface area (Å²) >= 11 is 0. The van der Waals surface area contributed by atoms with Gasteiger partial charge in [-0.3, -0.25) is 0 Å². The van der Waals surface area contributed by atoms with E-state index in [-0.39, 0.29) is 0 Å². The second-order valence-corrected chi connectivity index (χ2v) is 2.95. The molecule has 0 heterocycles. The molecule has 1 nitrogen and oxygen atoms in total. The van der Waals surface area contributed by atoms with E-state index in [0.717, 1.165) is 6.04 Å². The van der Waals surface area contributed by atoms with Gasteiger partial charge >= 0.3 is 0 Å². The zero-order valence-corrected chi connectivity index (χ0v) is 7.15. The Labute approximate surface area is 59.1 Å². The lowest BCUT2D eigenvalue weighted by atomic mass is 10.1. The van der Waals surface area contributed by atoms with Crippen molar-refractivity contribution >= 4 is 0 Å². The van der Waals surface area contributed by atoms with Crippen LogP contribution in [0.4, 0.5) is 0 Å². The molecule has 1 atom stereocenters. The summed E-state index contributed by atoms with van der Waals surface area (Å²) in [6.45, 7) is 4.51. The average molecular weight is 129 g/mol. The smallest absolute Gasteiger partial charge is 0.00608 e. The standard InChI is InChI=1S/C8H19N/c1-5-6-7-8(2)9(3)4/h8H,5-7H2,1-4H3. The van der Waals surface area contributed by atoms with Crippen LogP contribution in [-0.4, -0.2) is 25.0 Å². The highest BCUT2D eigenvalue weighted by Gasteiger charge is 2.01. The van der Waals surface area contributed by atoms with Crippen molar-refractivity contribution in [1.29, 1.82) is 0 Å². The number of hydrogen-bond donors (Lipinski definition) is 0. The average Bonchev–Trinajstić information content (AvgIpc) is 1.82. The summed E-state index contributed by atoms with van der Waals surface area (Å²) in [6.07, 6.45) is 4.01. The highest BCUT2D eigenvalue weighted by molar-refractivity contribution is 4.57. The first kappa shape index (κ1) is 8.96. The van der Waals surface area contributed by atoms with E-state index in [1.165, 1.54) is 19.3 Å². The Kier molecular flexibility index (Phi) is 4.78. The van der Waals surface area contributed by atoms with Crippen molar-refractivity contribution in [3.63, 3.8) is 0 Å². The lowest BCUT2D eigenvalue weighted by Crippen LogP contribution is -2.24. The van der Waals surface area contributed by atoms with E-state index in [1.54, 1.807) is 0 Å². The summed E-state index contributed by atoms with van der Waals surface area (Å²) in [7, 11) is 4.28. The molecule has 0 aromatic carbocycles. The van der Waals surface area contributed by atoms with Crippen LogP contribution < -0.4 is 0 Å². The summed E-state index contributed by atoms with van der Waals surface area (Å²) in [4.78, 5) is 2.27. The van der Waals surface area contributed by atoms with E-state index < -0.39 is 0 Å². The van der Waals surface area contributed by atoms with Crippen LogP contribution in [0.3, 0.4) is 0 Å². The zero-order valence-electron chi connectivity index (χ0n) is 7.15. The summed E-state index contributed by atoms with van der Waals surface area (Å²) < 4.78 is 0. The van der Waals surface area contributed by atoms with Crippen molar-refractivity contribution in [2.24, 2.45) is 0 Å². The van der Waals surface area contributed by atoms with E-state index in [9.17, 15) is 0 Å². The molecular weight excluding hydrogens is 110 g/mol. The third-order valence-corrected chi connectivity index (χ3v) is 1.86. The van der Waals surface area contributed by atoms with Crippen molar-refractivity contribution < 1.29 is 0 Å². The van der Waals surface area contributed by atoms with E-state index in [2.05, 4.69) is 32.8 Å². The van der Waals surface area contributed by atoms with Crippen LogP contribution in [0, 0.1) is 0 Å². The van der Waals surface area contributed by atoms with Crippen molar-refractivity contribution in [3.05, 3.63) is 0 Å². The van der Waals surface area contributed by atoms with Gasteiger partial charge in [-0.1, -0.05) is 19.8 Å². The van der Waals surface area contributed by atoms with Crippen LogP contribution in [0.25, 0.3) is 0 Å². The van der Waals surface area contributed by atoms with Crippen LogP contribution in [0.2, 0.25) is 0 Å². The Hall–Kier alpha value is -0.0400. The van der Waals surface area contributed by atoms with Gasteiger partial charge in [0.1, 0.15) is 0 Å². The minimum atomic E-state index is 0.755. The van der Waals surface area contributed by atoms with E-state index in [1.807, 2.05) is 0 Å². The summed E-state index contributed by atoms with van der Waals surface area (Å²) in [5.41, 5.74) is 0. The normalized spacial score (nSPS) is 14.3. The molecule has 0 aromatic rings. The highest BCUT2D eigenvalue weighted by atomic mass is 15.1. The van der Waals surface area contributed by atoms with Crippen LogP contribution >= 0.6 is 0 Å². The largest absolute Gasteiger partial charge is 0.307 e. The predicted molar refractivity (Wildman–Crippen MR) is 42.7 cm³/mol. The maximum Gasteiger partial charge on any atom is 0.00608 e. The first-order valence-electron chi connectivity index (χ1n) is 3.85. The van der Waals surface area contributed by atoms with Crippen molar-refractivity contribution in [2.45, 2.75) is 39.2 Å². The molecule has 9 heavy (non-hydrogen) atoms. The maximum atomic E-state index is 2.27. The number of rotatable bonds is 4. The van der Waals surface area contributed by atoms with Gasteiger partial charge in [0, 0.05) is 6.04 Å². The molecular formula is C8H19N. The first-order valence-corrected chi connectivity index (χ1v) is 3.85. The SMILES string of the molecule is CCCCC(C)N(C)C. The molecule has 0 spiro atoms. The highest BCUT2D eigenvalue weighted by Crippen LogP contribution is 2.03. The number of nitrogens with zero attached hydrogens (tertiary/aromatic N) is 1. The summed E-state index contributed by atoms with van der Waals surface area (Å²) in [5, 5.41) is 0. The predicted octanol–water partition coefficient (Wildman–Crippen LogP) is 2.13. The molecule has 0 saturated carbocycles. The summed E-state index contributed by atoms with van der Waals surface area (Å²) in [5.74, 6) is 0. The van der Waals surface area contributed by atoms with Crippen LogP contribution in [0.1, 0.15) is 33.1 Å². The monoisotopic (exact) mass is 129 g/mol. The van der Waals surface area contributed by atoms with Gasteiger partial charge in [0.15, 0.2) is 0 Å². The molecule has 1 unspecified atom stereocenters. The van der Waals surface area contributed by atoms with Crippen molar-refractivity contribution in [1.82, 2.24) is 4.90 Å². The van der Waals surface area contributed by atoms with Gasteiger partial charge in [0.05, 0.1) is 0 Å². The van der Waals surface area contributed by atoms with Crippen molar-refractivity contribution in [2.75, 3.05) is 14.1 Å². The fourth-order valence-electron chi connectivity index (χ4n) is 0.758. The molecule has 0 aliphatic heterocycles. The minimum Gasteiger partial charge on any atom is -0.307 e. The van der Waals surface area contributed by atoms with Gasteiger partial charge in [-0.2, -0.15) is 0 Å². The van der Waals surface area contributed by atoms with Gasteiger partial charge < -0.3 is 4.90 Å². The fourth-order valence-corrected chi connectivity index (χ4v) is 0.758. The molecule has 1 heteroatoms. The Morgan fingerprint density at radius 2 is 1.89 bits per heavy atom. The molecule has 56 valence electrons. The van der Waals surface area contributed by atoms with Gasteiger partial charge in [-0.15, -0.1) is 0 Å². The zero-order chi connectivity index (χ0) is 7.28. The minimum absolute atomic E-state index is 0.755. The van der Waals surface area contributed by atoms with Crippen molar-refractivity contribution in [3.8, 4) is 0 Å². The fraction of sp³-hybridized carbons (Fsp3) is 1.00. The Balaban J connectivity index is 3.16. The third-order valence-electron chi connectivity index (χ3n) is 1.86. The van der Waals surface area contributed by atoms with Crippen LogP contribution in [0.15, 0.2) is 0 Å². The molecule has 0 N–H and O–H groups in total. The first-order chi connectivity index (χ1) is 4.18. The molecule has 0 aromatic heterocycles. The lowest BCUT2D eigenvalue weighted by Gasteiger charge is -2.18. The molecule has 0 aliphatic carbocycles. The molecule has 0 amide bonds. The van der Waals surface area contributed by atoms with E-state index in [4.69, 9.17) is 0 Å². The molecule has 0 fully saturated rings. The van der Waals surface area contributed by atoms with Crippen LogP contribution in [-0.2, 0) is 0 Å².